The quantitative estimate of drug-likeness (QED) is 0.170. The topological polar surface area (TPSA) is 144 Å². The molecule has 0 radical (unpaired) electrons. The van der Waals surface area contributed by atoms with Gasteiger partial charge in [-0.05, 0) is 81.8 Å². The second-order valence-electron chi connectivity index (χ2n) is 12.6. The molecule has 262 valence electrons. The van der Waals surface area contributed by atoms with Gasteiger partial charge in [-0.25, -0.2) is 14.5 Å². The number of pyridine rings is 1. The van der Waals surface area contributed by atoms with Crippen LogP contribution in [0.1, 0.15) is 85.5 Å². The van der Waals surface area contributed by atoms with E-state index in [-0.39, 0.29) is 23.8 Å². The number of ether oxygens (including phenoxy) is 2. The number of esters is 1. The number of carbonyl (C=O) groups excluding carboxylic acids is 3. The van der Waals surface area contributed by atoms with Crippen molar-refractivity contribution >= 4 is 17.8 Å². The van der Waals surface area contributed by atoms with E-state index in [0.29, 0.717) is 42.6 Å². The van der Waals surface area contributed by atoms with Gasteiger partial charge in [-0.15, -0.1) is 0 Å². The monoisotopic (exact) mass is 683 g/mol. The summed E-state index contributed by atoms with van der Waals surface area (Å²) in [6.45, 7) is 8.82. The van der Waals surface area contributed by atoms with Gasteiger partial charge in [0.1, 0.15) is 29.9 Å². The Bertz CT molecular complexity index is 1910. The van der Waals surface area contributed by atoms with Crippen LogP contribution in [0.25, 0.3) is 0 Å². The average Bonchev–Trinajstić information content (AvgIpc) is 3.56. The Morgan fingerprint density at radius 2 is 1.74 bits per heavy atom. The highest BCUT2D eigenvalue weighted by Crippen LogP contribution is 2.47. The van der Waals surface area contributed by atoms with Crippen molar-refractivity contribution in [2.24, 2.45) is 5.41 Å². The molecule has 5 rings (SSSR count). The molecule has 0 aliphatic carbocycles. The normalized spacial score (nSPS) is 16.5. The first kappa shape index (κ1) is 35.9. The standard InChI is InChI=1S/C38H42FN5O6/c1-6-38(7-2,37(48)49-22-26-12-9-8-10-13-26)33-19-17-30(27-14-11-15-28(39)21-27)44(33)36(47)25(5)41-34(45)29-16-18-31(24(4)40-29)50-32-20-23(3)42-43-35(32)46/h8-16,18,20-21,25,30,33H,6-7,17,19,22H2,1-5H3,(H,41,45)(H,43,46)/t25-,30+,33-/m1/s1. The molecule has 2 N–H and O–H groups in total. The molecule has 2 aromatic heterocycles. The van der Waals surface area contributed by atoms with Crippen molar-refractivity contribution in [3.63, 3.8) is 0 Å². The van der Waals surface area contributed by atoms with E-state index in [0.717, 1.165) is 5.56 Å². The molecule has 0 bridgehead atoms. The minimum Gasteiger partial charge on any atom is -0.460 e. The van der Waals surface area contributed by atoms with Gasteiger partial charge in [0, 0.05) is 12.1 Å². The number of aryl methyl sites for hydroxylation is 2. The van der Waals surface area contributed by atoms with Crippen molar-refractivity contribution in [2.45, 2.75) is 85.0 Å². The molecule has 0 saturated carbocycles. The molecule has 2 amide bonds. The molecule has 0 spiro atoms. The molecule has 0 unspecified atom stereocenters. The van der Waals surface area contributed by atoms with Crippen LogP contribution in [-0.4, -0.2) is 49.9 Å². The third-order valence-corrected chi connectivity index (χ3v) is 9.50. The van der Waals surface area contributed by atoms with Gasteiger partial charge in [0.05, 0.1) is 22.8 Å². The Morgan fingerprint density at radius 1 is 1.00 bits per heavy atom. The first-order valence-corrected chi connectivity index (χ1v) is 16.8. The zero-order valence-electron chi connectivity index (χ0n) is 28.9. The van der Waals surface area contributed by atoms with Gasteiger partial charge in [-0.3, -0.25) is 19.2 Å². The van der Waals surface area contributed by atoms with Crippen molar-refractivity contribution in [3.05, 3.63) is 117 Å². The summed E-state index contributed by atoms with van der Waals surface area (Å²) < 4.78 is 26.1. The van der Waals surface area contributed by atoms with Crippen LogP contribution in [0.3, 0.4) is 0 Å². The number of benzene rings is 2. The third-order valence-electron chi connectivity index (χ3n) is 9.50. The lowest BCUT2D eigenvalue weighted by atomic mass is 9.74. The zero-order valence-corrected chi connectivity index (χ0v) is 28.9. The number of aromatic amines is 1. The third kappa shape index (κ3) is 7.59. The molecule has 11 nitrogen and oxygen atoms in total. The van der Waals surface area contributed by atoms with Gasteiger partial charge >= 0.3 is 11.5 Å². The van der Waals surface area contributed by atoms with E-state index in [2.05, 4.69) is 20.5 Å². The van der Waals surface area contributed by atoms with Crippen LogP contribution >= 0.6 is 0 Å². The van der Waals surface area contributed by atoms with E-state index in [1.54, 1.807) is 37.8 Å². The van der Waals surface area contributed by atoms with Crippen LogP contribution in [0.5, 0.6) is 11.5 Å². The molecule has 1 saturated heterocycles. The number of H-pyrrole nitrogens is 1. The molecule has 3 heterocycles. The fourth-order valence-electron chi connectivity index (χ4n) is 6.73. The van der Waals surface area contributed by atoms with E-state index < -0.39 is 52.7 Å². The Hall–Kier alpha value is -5.39. The van der Waals surface area contributed by atoms with Crippen molar-refractivity contribution in [1.29, 1.82) is 0 Å². The second-order valence-corrected chi connectivity index (χ2v) is 12.6. The van der Waals surface area contributed by atoms with Crippen LogP contribution in [0.15, 0.2) is 77.6 Å². The summed E-state index contributed by atoms with van der Waals surface area (Å²) in [5.41, 5.74) is 0.837. The summed E-state index contributed by atoms with van der Waals surface area (Å²) in [5, 5.41) is 8.95. The number of hydrogen-bond donors (Lipinski definition) is 2. The Kier molecular flexibility index (Phi) is 11.1. The van der Waals surface area contributed by atoms with Crippen molar-refractivity contribution < 1.29 is 28.2 Å². The summed E-state index contributed by atoms with van der Waals surface area (Å²) in [5.74, 6) is -1.55. The number of amides is 2. The molecular weight excluding hydrogens is 641 g/mol. The van der Waals surface area contributed by atoms with Crippen molar-refractivity contribution in [1.82, 2.24) is 25.4 Å². The number of nitrogens with zero attached hydrogens (tertiary/aromatic N) is 3. The number of carbonyl (C=O) groups is 3. The van der Waals surface area contributed by atoms with Gasteiger partial charge in [0.25, 0.3) is 5.91 Å². The molecule has 3 atom stereocenters. The van der Waals surface area contributed by atoms with Crippen LogP contribution < -0.4 is 15.6 Å². The minimum atomic E-state index is -1.04. The number of nitrogens with one attached hydrogen (secondary N) is 2. The molecule has 50 heavy (non-hydrogen) atoms. The number of hydrogen-bond acceptors (Lipinski definition) is 8. The SMILES string of the molecule is CCC(CC)(C(=O)OCc1ccccc1)[C@H]1CC[C@@H](c2cccc(F)c2)N1C(=O)[C@@H](C)NC(=O)c1ccc(Oc2cc(C)n[nH]c2=O)c(C)n1. The predicted octanol–water partition coefficient (Wildman–Crippen LogP) is 6.11. The summed E-state index contributed by atoms with van der Waals surface area (Å²) in [6.07, 6.45) is 1.80. The van der Waals surface area contributed by atoms with E-state index in [9.17, 15) is 23.6 Å². The number of halogens is 1. The molecular formula is C38H42FN5O6. The van der Waals surface area contributed by atoms with E-state index >= 15 is 0 Å². The summed E-state index contributed by atoms with van der Waals surface area (Å²) in [7, 11) is 0. The van der Waals surface area contributed by atoms with Gasteiger partial charge in [0.15, 0.2) is 5.75 Å². The fraction of sp³-hybridized carbons (Fsp3) is 0.368. The van der Waals surface area contributed by atoms with E-state index in [1.807, 2.05) is 44.2 Å². The smallest absolute Gasteiger partial charge is 0.314 e. The summed E-state index contributed by atoms with van der Waals surface area (Å²) >= 11 is 0. The predicted molar refractivity (Wildman–Crippen MR) is 184 cm³/mol. The largest absolute Gasteiger partial charge is 0.460 e. The maximum Gasteiger partial charge on any atom is 0.314 e. The van der Waals surface area contributed by atoms with Crippen LogP contribution in [-0.2, 0) is 20.9 Å². The van der Waals surface area contributed by atoms with Gasteiger partial charge < -0.3 is 19.7 Å². The maximum absolute atomic E-state index is 14.5. The summed E-state index contributed by atoms with van der Waals surface area (Å²) in [6, 6.07) is 17.8. The Labute approximate surface area is 290 Å². The van der Waals surface area contributed by atoms with Crippen LogP contribution in [0, 0.1) is 25.1 Å². The summed E-state index contributed by atoms with van der Waals surface area (Å²) in [4.78, 5) is 60.0. The van der Waals surface area contributed by atoms with Gasteiger partial charge in [-0.1, -0.05) is 56.3 Å². The lowest BCUT2D eigenvalue weighted by Gasteiger charge is -2.43. The number of likely N-dealkylation sites (tertiary alicyclic amines) is 1. The molecule has 2 aromatic carbocycles. The molecule has 1 aliphatic rings. The average molecular weight is 684 g/mol. The minimum absolute atomic E-state index is 0.0334. The molecule has 4 aromatic rings. The molecule has 1 aliphatic heterocycles. The number of aromatic nitrogens is 3. The first-order valence-electron chi connectivity index (χ1n) is 16.8. The van der Waals surface area contributed by atoms with E-state index in [4.69, 9.17) is 9.47 Å². The zero-order chi connectivity index (χ0) is 36.0. The van der Waals surface area contributed by atoms with Crippen LogP contribution in [0.4, 0.5) is 4.39 Å². The highest BCUT2D eigenvalue weighted by Gasteiger charge is 2.53. The molecule has 12 heteroatoms. The van der Waals surface area contributed by atoms with Crippen LogP contribution in [0.2, 0.25) is 0 Å². The Balaban J connectivity index is 1.39. The lowest BCUT2D eigenvalue weighted by molar-refractivity contribution is -0.164. The van der Waals surface area contributed by atoms with E-state index in [1.165, 1.54) is 30.3 Å². The molecule has 1 fully saturated rings. The van der Waals surface area contributed by atoms with Gasteiger partial charge in [-0.2, -0.15) is 5.10 Å². The number of rotatable bonds is 12. The second kappa shape index (κ2) is 15.4. The van der Waals surface area contributed by atoms with Crippen molar-refractivity contribution in [3.8, 4) is 11.5 Å². The lowest BCUT2D eigenvalue weighted by Crippen LogP contribution is -2.56. The first-order chi connectivity index (χ1) is 24.0. The maximum atomic E-state index is 14.5. The van der Waals surface area contributed by atoms with Crippen molar-refractivity contribution in [2.75, 3.05) is 0 Å². The highest BCUT2D eigenvalue weighted by atomic mass is 19.1. The van der Waals surface area contributed by atoms with Gasteiger partial charge in [0.2, 0.25) is 5.91 Å². The Morgan fingerprint density at radius 3 is 2.42 bits per heavy atom. The fourth-order valence-corrected chi connectivity index (χ4v) is 6.73. The highest BCUT2D eigenvalue weighted by molar-refractivity contribution is 5.96.